The van der Waals surface area contributed by atoms with Crippen LogP contribution in [0.15, 0.2) is 42.6 Å². The average Bonchev–Trinajstić information content (AvgIpc) is 2.23. The van der Waals surface area contributed by atoms with Crippen molar-refractivity contribution in [2.24, 2.45) is 0 Å². The summed E-state index contributed by atoms with van der Waals surface area (Å²) in [6.07, 6.45) is 1.68. The van der Waals surface area contributed by atoms with Crippen molar-refractivity contribution in [3.05, 3.63) is 54.2 Å². The van der Waals surface area contributed by atoms with E-state index in [1.165, 1.54) is 5.56 Å². The summed E-state index contributed by atoms with van der Waals surface area (Å²) in [6.45, 7) is 2.04. The van der Waals surface area contributed by atoms with Crippen LogP contribution in [-0.4, -0.2) is 4.98 Å². The molecule has 0 bridgehead atoms. The number of pyridine rings is 1. The summed E-state index contributed by atoms with van der Waals surface area (Å²) in [7, 11) is 0. The standard InChI is InChI=1S/C12H10NO/c1-10-5-7-11(8-6-10)14-12-4-2-3-9-13-12/h2-3,5-9H,1H3. The molecule has 1 heterocycles. The van der Waals surface area contributed by atoms with Crippen molar-refractivity contribution in [3.8, 4) is 11.6 Å². The number of ether oxygens (including phenoxy) is 1. The van der Waals surface area contributed by atoms with Gasteiger partial charge in [-0.15, -0.1) is 0 Å². The maximum absolute atomic E-state index is 5.47. The monoisotopic (exact) mass is 184 g/mol. The maximum atomic E-state index is 5.47. The molecule has 1 aromatic heterocycles. The second kappa shape index (κ2) is 3.92. The quantitative estimate of drug-likeness (QED) is 0.715. The third-order valence-electron chi connectivity index (χ3n) is 1.82. The van der Waals surface area contributed by atoms with Crippen LogP contribution >= 0.6 is 0 Å². The minimum absolute atomic E-state index is 0.497. The molecule has 14 heavy (non-hydrogen) atoms. The Morgan fingerprint density at radius 3 is 2.64 bits per heavy atom. The van der Waals surface area contributed by atoms with Gasteiger partial charge in [-0.2, -0.15) is 0 Å². The van der Waals surface area contributed by atoms with Gasteiger partial charge in [0.2, 0.25) is 5.88 Å². The molecular weight excluding hydrogens is 174 g/mol. The largest absolute Gasteiger partial charge is 0.438 e. The molecular formula is C12H10NO. The molecule has 1 radical (unpaired) electrons. The lowest BCUT2D eigenvalue weighted by atomic mass is 10.2. The molecule has 69 valence electrons. The highest BCUT2D eigenvalue weighted by Crippen LogP contribution is 2.18. The summed E-state index contributed by atoms with van der Waals surface area (Å²) in [5.41, 5.74) is 1.21. The predicted octanol–water partition coefficient (Wildman–Crippen LogP) is 2.98. The first-order valence-electron chi connectivity index (χ1n) is 4.42. The number of hydrogen-bond acceptors (Lipinski definition) is 2. The van der Waals surface area contributed by atoms with E-state index in [1.807, 2.05) is 37.3 Å². The Balaban J connectivity index is 2.16. The van der Waals surface area contributed by atoms with Gasteiger partial charge in [-0.05, 0) is 31.2 Å². The lowest BCUT2D eigenvalue weighted by Crippen LogP contribution is -1.86. The first-order valence-corrected chi connectivity index (χ1v) is 4.42. The van der Waals surface area contributed by atoms with Crippen LogP contribution in [0.2, 0.25) is 0 Å². The third kappa shape index (κ3) is 2.10. The van der Waals surface area contributed by atoms with Gasteiger partial charge in [-0.25, -0.2) is 4.98 Å². The van der Waals surface area contributed by atoms with E-state index in [9.17, 15) is 0 Å². The van der Waals surface area contributed by atoms with Crippen molar-refractivity contribution in [2.75, 3.05) is 0 Å². The van der Waals surface area contributed by atoms with Crippen LogP contribution in [0.25, 0.3) is 0 Å². The summed E-state index contributed by atoms with van der Waals surface area (Å²) in [4.78, 5) is 4.02. The fraction of sp³-hybridized carbons (Fsp3) is 0.0833. The van der Waals surface area contributed by atoms with E-state index >= 15 is 0 Å². The topological polar surface area (TPSA) is 22.1 Å². The van der Waals surface area contributed by atoms with E-state index in [2.05, 4.69) is 11.1 Å². The van der Waals surface area contributed by atoms with E-state index in [0.717, 1.165) is 5.75 Å². The summed E-state index contributed by atoms with van der Waals surface area (Å²) >= 11 is 0. The van der Waals surface area contributed by atoms with E-state index in [1.54, 1.807) is 12.3 Å². The third-order valence-corrected chi connectivity index (χ3v) is 1.82. The number of benzene rings is 1. The van der Waals surface area contributed by atoms with Gasteiger partial charge in [0.1, 0.15) is 5.75 Å². The molecule has 0 unspecified atom stereocenters. The van der Waals surface area contributed by atoms with Crippen LogP contribution in [0, 0.1) is 13.0 Å². The zero-order valence-corrected chi connectivity index (χ0v) is 7.90. The molecule has 0 spiro atoms. The van der Waals surface area contributed by atoms with Gasteiger partial charge < -0.3 is 4.74 Å². The molecule has 0 aliphatic heterocycles. The molecule has 0 atom stereocenters. The van der Waals surface area contributed by atoms with Gasteiger partial charge in [-0.1, -0.05) is 17.7 Å². The fourth-order valence-electron chi connectivity index (χ4n) is 1.08. The first kappa shape index (κ1) is 8.75. The average molecular weight is 184 g/mol. The van der Waals surface area contributed by atoms with Gasteiger partial charge in [-0.3, -0.25) is 0 Å². The first-order chi connectivity index (χ1) is 6.84. The summed E-state index contributed by atoms with van der Waals surface area (Å²) < 4.78 is 5.47. The number of aryl methyl sites for hydroxylation is 1. The van der Waals surface area contributed by atoms with Gasteiger partial charge in [0.15, 0.2) is 0 Å². The van der Waals surface area contributed by atoms with Crippen LogP contribution in [0.1, 0.15) is 5.56 Å². The zero-order chi connectivity index (χ0) is 9.80. The molecule has 2 rings (SSSR count). The number of rotatable bonds is 2. The highest BCUT2D eigenvalue weighted by molar-refractivity contribution is 5.29. The molecule has 0 aliphatic carbocycles. The Bertz CT molecular complexity index is 394. The fourth-order valence-corrected chi connectivity index (χ4v) is 1.08. The molecule has 2 heteroatoms. The van der Waals surface area contributed by atoms with Gasteiger partial charge >= 0.3 is 0 Å². The van der Waals surface area contributed by atoms with E-state index in [0.29, 0.717) is 5.88 Å². The Kier molecular flexibility index (Phi) is 2.45. The highest BCUT2D eigenvalue weighted by atomic mass is 16.5. The molecule has 1 aromatic carbocycles. The lowest BCUT2D eigenvalue weighted by Gasteiger charge is -2.03. The van der Waals surface area contributed by atoms with Crippen LogP contribution in [0.5, 0.6) is 11.6 Å². The number of aromatic nitrogens is 1. The molecule has 0 saturated carbocycles. The van der Waals surface area contributed by atoms with Crippen LogP contribution < -0.4 is 4.74 Å². The minimum atomic E-state index is 0.497. The molecule has 2 aromatic rings. The van der Waals surface area contributed by atoms with Crippen LogP contribution in [-0.2, 0) is 0 Å². The Hall–Kier alpha value is -1.83. The number of nitrogens with zero attached hydrogens (tertiary/aromatic N) is 1. The van der Waals surface area contributed by atoms with Crippen molar-refractivity contribution in [2.45, 2.75) is 6.92 Å². The highest BCUT2D eigenvalue weighted by Gasteiger charge is 1.96. The van der Waals surface area contributed by atoms with E-state index in [4.69, 9.17) is 4.74 Å². The Morgan fingerprint density at radius 1 is 1.21 bits per heavy atom. The maximum Gasteiger partial charge on any atom is 0.227 e. The lowest BCUT2D eigenvalue weighted by molar-refractivity contribution is 0.462. The van der Waals surface area contributed by atoms with Crippen LogP contribution in [0.3, 0.4) is 0 Å². The second-order valence-corrected chi connectivity index (χ2v) is 3.00. The van der Waals surface area contributed by atoms with E-state index < -0.39 is 0 Å². The normalized spacial score (nSPS) is 9.79. The van der Waals surface area contributed by atoms with Crippen molar-refractivity contribution >= 4 is 0 Å². The Morgan fingerprint density at radius 2 is 2.00 bits per heavy atom. The number of hydrogen-bond donors (Lipinski definition) is 0. The molecule has 0 fully saturated rings. The van der Waals surface area contributed by atoms with Crippen molar-refractivity contribution in [3.63, 3.8) is 0 Å². The van der Waals surface area contributed by atoms with Crippen molar-refractivity contribution in [1.82, 2.24) is 4.98 Å². The summed E-state index contributed by atoms with van der Waals surface area (Å²) in [6, 6.07) is 14.3. The predicted molar refractivity (Wildman–Crippen MR) is 54.3 cm³/mol. The summed E-state index contributed by atoms with van der Waals surface area (Å²) in [5.74, 6) is 1.28. The van der Waals surface area contributed by atoms with Crippen molar-refractivity contribution in [1.29, 1.82) is 0 Å². The van der Waals surface area contributed by atoms with Crippen molar-refractivity contribution < 1.29 is 4.74 Å². The van der Waals surface area contributed by atoms with Gasteiger partial charge in [0.25, 0.3) is 0 Å². The molecule has 0 aliphatic rings. The molecule has 0 amide bonds. The van der Waals surface area contributed by atoms with Crippen LogP contribution in [0.4, 0.5) is 0 Å². The SMILES string of the molecule is Cc1ccc(Oc2[c]cccn2)cc1. The van der Waals surface area contributed by atoms with Gasteiger partial charge in [0, 0.05) is 12.3 Å². The summed E-state index contributed by atoms with van der Waals surface area (Å²) in [5, 5.41) is 0. The minimum Gasteiger partial charge on any atom is -0.438 e. The smallest absolute Gasteiger partial charge is 0.227 e. The Labute approximate surface area is 83.2 Å². The zero-order valence-electron chi connectivity index (χ0n) is 7.90. The van der Waals surface area contributed by atoms with Gasteiger partial charge in [0.05, 0.1) is 0 Å². The molecule has 2 nitrogen and oxygen atoms in total. The molecule has 0 N–H and O–H groups in total. The second-order valence-electron chi connectivity index (χ2n) is 3.00. The van der Waals surface area contributed by atoms with E-state index in [-0.39, 0.29) is 0 Å². The molecule has 0 saturated heterocycles.